The van der Waals surface area contributed by atoms with Gasteiger partial charge < -0.3 is 20.1 Å². The molecule has 21 heavy (non-hydrogen) atoms. The van der Waals surface area contributed by atoms with Crippen LogP contribution in [0.5, 0.6) is 5.75 Å². The van der Waals surface area contributed by atoms with Gasteiger partial charge in [0, 0.05) is 26.7 Å². The fraction of sp³-hybridized carbons (Fsp3) is 0.562. The van der Waals surface area contributed by atoms with Gasteiger partial charge in [0.25, 0.3) is 0 Å². The van der Waals surface area contributed by atoms with Crippen molar-refractivity contribution >= 4 is 11.7 Å². The van der Waals surface area contributed by atoms with Crippen molar-refractivity contribution in [2.45, 2.75) is 32.6 Å². The molecule has 1 aromatic carbocycles. The van der Waals surface area contributed by atoms with Crippen LogP contribution in [0.25, 0.3) is 0 Å². The van der Waals surface area contributed by atoms with E-state index in [2.05, 4.69) is 17.6 Å². The van der Waals surface area contributed by atoms with Crippen LogP contribution in [-0.2, 0) is 4.74 Å². The molecule has 0 aliphatic heterocycles. The third-order valence-corrected chi connectivity index (χ3v) is 2.95. The van der Waals surface area contributed by atoms with Gasteiger partial charge in [0.05, 0.1) is 12.3 Å². The molecule has 0 heterocycles. The van der Waals surface area contributed by atoms with Gasteiger partial charge >= 0.3 is 6.03 Å². The Bertz CT molecular complexity index is 410. The fourth-order valence-corrected chi connectivity index (χ4v) is 1.82. The first-order chi connectivity index (χ1) is 10.3. The molecule has 0 fully saturated rings. The van der Waals surface area contributed by atoms with Gasteiger partial charge in [0.15, 0.2) is 0 Å². The number of ether oxygens (including phenoxy) is 2. The van der Waals surface area contributed by atoms with Crippen molar-refractivity contribution in [1.82, 2.24) is 5.32 Å². The van der Waals surface area contributed by atoms with Crippen LogP contribution in [-0.4, -0.2) is 32.9 Å². The number of hydrogen-bond acceptors (Lipinski definition) is 3. The Kier molecular flexibility index (Phi) is 9.04. The minimum absolute atomic E-state index is 0.195. The first-order valence-corrected chi connectivity index (χ1v) is 7.53. The van der Waals surface area contributed by atoms with Crippen LogP contribution >= 0.6 is 0 Å². The molecule has 0 unspecified atom stereocenters. The van der Waals surface area contributed by atoms with Crippen LogP contribution in [0.4, 0.5) is 10.5 Å². The number of anilines is 1. The number of unbranched alkanes of at least 4 members (excludes halogenated alkanes) is 2. The maximum atomic E-state index is 11.8. The van der Waals surface area contributed by atoms with E-state index in [-0.39, 0.29) is 6.03 Å². The van der Waals surface area contributed by atoms with Crippen molar-refractivity contribution < 1.29 is 14.3 Å². The van der Waals surface area contributed by atoms with Gasteiger partial charge in [-0.2, -0.15) is 0 Å². The number of carbonyl (C=O) groups excluding carboxylic acids is 1. The maximum Gasteiger partial charge on any atom is 0.319 e. The highest BCUT2D eigenvalue weighted by Crippen LogP contribution is 2.23. The number of benzene rings is 1. The van der Waals surface area contributed by atoms with E-state index in [1.54, 1.807) is 7.11 Å². The molecule has 1 rings (SSSR count). The van der Waals surface area contributed by atoms with Crippen molar-refractivity contribution in [2.24, 2.45) is 0 Å². The Morgan fingerprint density at radius 3 is 2.71 bits per heavy atom. The lowest BCUT2D eigenvalue weighted by Gasteiger charge is -2.13. The van der Waals surface area contributed by atoms with Crippen LogP contribution in [0.2, 0.25) is 0 Å². The molecule has 0 aliphatic rings. The molecule has 0 saturated carbocycles. The van der Waals surface area contributed by atoms with Gasteiger partial charge in [0.1, 0.15) is 5.75 Å². The molecule has 0 spiro atoms. The lowest BCUT2D eigenvalue weighted by atomic mass is 10.2. The van der Waals surface area contributed by atoms with Crippen molar-refractivity contribution in [3.63, 3.8) is 0 Å². The van der Waals surface area contributed by atoms with Gasteiger partial charge in [-0.1, -0.05) is 31.9 Å². The summed E-state index contributed by atoms with van der Waals surface area (Å²) in [5.41, 5.74) is 0.683. The summed E-state index contributed by atoms with van der Waals surface area (Å²) >= 11 is 0. The standard InChI is InChI=1S/C16H26N2O3/c1-3-4-7-11-17-16(19)18-14-9-5-6-10-15(14)21-13-8-12-20-2/h5-6,9-10H,3-4,7-8,11-13H2,1-2H3,(H2,17,18,19). The monoisotopic (exact) mass is 294 g/mol. The molecule has 2 N–H and O–H groups in total. The van der Waals surface area contributed by atoms with Crippen LogP contribution in [0, 0.1) is 0 Å². The molecule has 118 valence electrons. The second-order valence-electron chi connectivity index (χ2n) is 4.78. The lowest BCUT2D eigenvalue weighted by Crippen LogP contribution is -2.29. The molecule has 0 radical (unpaired) electrons. The topological polar surface area (TPSA) is 59.6 Å². The van der Waals surface area contributed by atoms with Crippen LogP contribution in [0.1, 0.15) is 32.6 Å². The Hall–Kier alpha value is -1.75. The van der Waals surface area contributed by atoms with Crippen LogP contribution < -0.4 is 15.4 Å². The van der Waals surface area contributed by atoms with Crippen molar-refractivity contribution in [3.8, 4) is 5.75 Å². The lowest BCUT2D eigenvalue weighted by molar-refractivity contribution is 0.172. The Morgan fingerprint density at radius 1 is 1.14 bits per heavy atom. The average Bonchev–Trinajstić information content (AvgIpc) is 2.50. The number of methoxy groups -OCH3 is 1. The number of para-hydroxylation sites is 2. The number of nitrogens with one attached hydrogen (secondary N) is 2. The number of hydrogen-bond donors (Lipinski definition) is 2. The summed E-state index contributed by atoms with van der Waals surface area (Å²) in [6.45, 7) is 4.05. The van der Waals surface area contributed by atoms with E-state index < -0.39 is 0 Å². The third kappa shape index (κ3) is 7.56. The fourth-order valence-electron chi connectivity index (χ4n) is 1.82. The predicted molar refractivity (Wildman–Crippen MR) is 85.0 cm³/mol. The molecular formula is C16H26N2O3. The van der Waals surface area contributed by atoms with Crippen molar-refractivity contribution in [3.05, 3.63) is 24.3 Å². The zero-order chi connectivity index (χ0) is 15.3. The first-order valence-electron chi connectivity index (χ1n) is 7.53. The van der Waals surface area contributed by atoms with Crippen LogP contribution in [0.15, 0.2) is 24.3 Å². The summed E-state index contributed by atoms with van der Waals surface area (Å²) in [6, 6.07) is 7.24. The molecule has 0 aromatic heterocycles. The molecule has 0 aliphatic carbocycles. The number of carbonyl (C=O) groups is 1. The predicted octanol–water partition coefficient (Wildman–Crippen LogP) is 3.41. The molecule has 0 bridgehead atoms. The number of rotatable bonds is 10. The summed E-state index contributed by atoms with van der Waals surface area (Å²) in [5, 5.41) is 5.67. The van der Waals surface area contributed by atoms with Gasteiger partial charge in [-0.25, -0.2) is 4.79 Å². The van der Waals surface area contributed by atoms with E-state index in [4.69, 9.17) is 9.47 Å². The van der Waals surface area contributed by atoms with E-state index in [0.717, 1.165) is 25.7 Å². The minimum atomic E-state index is -0.195. The molecule has 5 heteroatoms. The highest BCUT2D eigenvalue weighted by Gasteiger charge is 2.06. The van der Waals surface area contributed by atoms with Crippen LogP contribution in [0.3, 0.4) is 0 Å². The van der Waals surface area contributed by atoms with Gasteiger partial charge in [-0.05, 0) is 18.6 Å². The van der Waals surface area contributed by atoms with Gasteiger partial charge in [-0.3, -0.25) is 0 Å². The largest absolute Gasteiger partial charge is 0.491 e. The maximum absolute atomic E-state index is 11.8. The summed E-state index contributed by atoms with van der Waals surface area (Å²) in [5.74, 6) is 0.678. The zero-order valence-electron chi connectivity index (χ0n) is 13.0. The second kappa shape index (κ2) is 11.0. The SMILES string of the molecule is CCCCCNC(=O)Nc1ccccc1OCCCOC. The third-order valence-electron chi connectivity index (χ3n) is 2.95. The Labute approximate surface area is 127 Å². The molecule has 1 aromatic rings. The molecule has 0 atom stereocenters. The second-order valence-corrected chi connectivity index (χ2v) is 4.78. The highest BCUT2D eigenvalue weighted by molar-refractivity contribution is 5.90. The smallest absolute Gasteiger partial charge is 0.319 e. The Morgan fingerprint density at radius 2 is 1.95 bits per heavy atom. The molecular weight excluding hydrogens is 268 g/mol. The number of urea groups is 1. The average molecular weight is 294 g/mol. The van der Waals surface area contributed by atoms with Gasteiger partial charge in [0.2, 0.25) is 0 Å². The summed E-state index contributed by atoms with van der Waals surface area (Å²) in [4.78, 5) is 11.8. The van der Waals surface area contributed by atoms with Gasteiger partial charge in [-0.15, -0.1) is 0 Å². The quantitative estimate of drug-likeness (QED) is 0.650. The summed E-state index contributed by atoms with van der Waals surface area (Å²) in [7, 11) is 1.67. The summed E-state index contributed by atoms with van der Waals surface area (Å²) < 4.78 is 10.6. The molecule has 5 nitrogen and oxygen atoms in total. The van der Waals surface area contributed by atoms with E-state index >= 15 is 0 Å². The Balaban J connectivity index is 2.40. The van der Waals surface area contributed by atoms with E-state index in [1.165, 1.54) is 0 Å². The zero-order valence-corrected chi connectivity index (χ0v) is 13.0. The van der Waals surface area contributed by atoms with Crippen molar-refractivity contribution in [2.75, 3.05) is 32.2 Å². The molecule has 0 saturated heterocycles. The first kappa shape index (κ1) is 17.3. The normalized spacial score (nSPS) is 10.2. The van der Waals surface area contributed by atoms with E-state index in [9.17, 15) is 4.79 Å². The summed E-state index contributed by atoms with van der Waals surface area (Å²) in [6.07, 6.45) is 4.08. The minimum Gasteiger partial charge on any atom is -0.491 e. The number of amides is 2. The van der Waals surface area contributed by atoms with E-state index in [0.29, 0.717) is 31.2 Å². The van der Waals surface area contributed by atoms with E-state index in [1.807, 2.05) is 24.3 Å². The highest BCUT2D eigenvalue weighted by atomic mass is 16.5. The van der Waals surface area contributed by atoms with Crippen molar-refractivity contribution in [1.29, 1.82) is 0 Å². The molecule has 2 amide bonds.